The average Bonchev–Trinajstić information content (AvgIpc) is 2.65. The van der Waals surface area contributed by atoms with Crippen LogP contribution < -0.4 is 0 Å². The van der Waals surface area contributed by atoms with Crippen LogP contribution in [-0.4, -0.2) is 11.1 Å². The van der Waals surface area contributed by atoms with Crippen LogP contribution in [0.2, 0.25) is 0 Å². The highest BCUT2D eigenvalue weighted by Crippen LogP contribution is 2.52. The number of allylic oxidation sites excluding steroid dienone is 1. The third-order valence-corrected chi connectivity index (χ3v) is 2.44. The fourth-order valence-electron chi connectivity index (χ4n) is 1.22. The zero-order valence-corrected chi connectivity index (χ0v) is 6.13. The second-order valence-electron chi connectivity index (χ2n) is 2.99. The van der Waals surface area contributed by atoms with E-state index in [1.807, 2.05) is 6.92 Å². The summed E-state index contributed by atoms with van der Waals surface area (Å²) in [6.07, 6.45) is 3.35. The van der Waals surface area contributed by atoms with Crippen LogP contribution in [0.4, 0.5) is 0 Å². The molecule has 2 heteroatoms. The van der Waals surface area contributed by atoms with E-state index in [-0.39, 0.29) is 5.92 Å². The molecule has 0 saturated heterocycles. The Balaban J connectivity index is 2.68. The van der Waals surface area contributed by atoms with E-state index in [1.165, 1.54) is 0 Å². The molecule has 2 nitrogen and oxygen atoms in total. The summed E-state index contributed by atoms with van der Waals surface area (Å²) in [5.74, 6) is -0.551. The van der Waals surface area contributed by atoms with Crippen molar-refractivity contribution in [2.75, 3.05) is 0 Å². The molecule has 0 aromatic carbocycles. The molecule has 0 amide bonds. The Morgan fingerprint density at radius 2 is 2.30 bits per heavy atom. The fourth-order valence-corrected chi connectivity index (χ4v) is 1.22. The minimum Gasteiger partial charge on any atom is -0.481 e. The second kappa shape index (κ2) is 2.11. The third kappa shape index (κ3) is 0.838. The Labute approximate surface area is 60.6 Å². The first kappa shape index (κ1) is 7.32. The predicted molar refractivity (Wildman–Crippen MR) is 38.7 cm³/mol. The van der Waals surface area contributed by atoms with Crippen molar-refractivity contribution in [3.05, 3.63) is 12.7 Å². The summed E-state index contributed by atoms with van der Waals surface area (Å²) < 4.78 is 0. The summed E-state index contributed by atoms with van der Waals surface area (Å²) >= 11 is 0. The maximum absolute atomic E-state index is 10.6. The van der Waals surface area contributed by atoms with Crippen LogP contribution in [0.25, 0.3) is 0 Å². The van der Waals surface area contributed by atoms with E-state index in [0.717, 1.165) is 12.8 Å². The number of carboxylic acid groups (broad SMARTS) is 1. The monoisotopic (exact) mass is 140 g/mol. The summed E-state index contributed by atoms with van der Waals surface area (Å²) in [5, 5.41) is 8.76. The van der Waals surface area contributed by atoms with Gasteiger partial charge in [0, 0.05) is 0 Å². The van der Waals surface area contributed by atoms with Gasteiger partial charge >= 0.3 is 5.97 Å². The van der Waals surface area contributed by atoms with Gasteiger partial charge in [0.25, 0.3) is 0 Å². The molecular formula is C8H12O2. The molecule has 0 aromatic heterocycles. The molecule has 0 unspecified atom stereocenters. The van der Waals surface area contributed by atoms with Crippen molar-refractivity contribution in [3.63, 3.8) is 0 Å². The van der Waals surface area contributed by atoms with Gasteiger partial charge in [-0.25, -0.2) is 0 Å². The molecule has 0 aromatic rings. The molecular weight excluding hydrogens is 128 g/mol. The Bertz CT molecular complexity index is 168. The van der Waals surface area contributed by atoms with Gasteiger partial charge in [0.1, 0.15) is 0 Å². The third-order valence-electron chi connectivity index (χ3n) is 2.44. The molecule has 56 valence electrons. The van der Waals surface area contributed by atoms with E-state index >= 15 is 0 Å². The molecule has 1 aliphatic carbocycles. The van der Waals surface area contributed by atoms with E-state index < -0.39 is 11.4 Å². The van der Waals surface area contributed by atoms with Crippen molar-refractivity contribution >= 4 is 5.97 Å². The molecule has 1 saturated carbocycles. The predicted octanol–water partition coefficient (Wildman–Crippen LogP) is 1.67. The summed E-state index contributed by atoms with van der Waals surface area (Å²) in [6.45, 7) is 5.50. The topological polar surface area (TPSA) is 37.3 Å². The number of rotatable bonds is 3. The van der Waals surface area contributed by atoms with E-state index in [0.29, 0.717) is 0 Å². The highest BCUT2D eigenvalue weighted by molar-refractivity contribution is 5.78. The minimum atomic E-state index is -0.667. The lowest BCUT2D eigenvalue weighted by Crippen LogP contribution is -2.21. The standard InChI is InChI=1S/C8H12O2/c1-3-6(2)8(4-5-8)7(9)10/h3,6H,1,4-5H2,2H3,(H,9,10)/t6-/m0/s1. The van der Waals surface area contributed by atoms with Crippen molar-refractivity contribution in [1.82, 2.24) is 0 Å². The van der Waals surface area contributed by atoms with Gasteiger partial charge < -0.3 is 5.11 Å². The molecule has 0 aliphatic heterocycles. The lowest BCUT2D eigenvalue weighted by atomic mass is 9.91. The molecule has 10 heavy (non-hydrogen) atoms. The van der Waals surface area contributed by atoms with E-state index in [1.54, 1.807) is 6.08 Å². The first-order valence-corrected chi connectivity index (χ1v) is 3.49. The van der Waals surface area contributed by atoms with Gasteiger partial charge in [-0.3, -0.25) is 4.79 Å². The first-order valence-electron chi connectivity index (χ1n) is 3.49. The number of hydrogen-bond donors (Lipinski definition) is 1. The van der Waals surface area contributed by atoms with Crippen LogP contribution >= 0.6 is 0 Å². The van der Waals surface area contributed by atoms with Gasteiger partial charge in [-0.1, -0.05) is 13.0 Å². The number of carboxylic acids is 1. The molecule has 1 aliphatic rings. The molecule has 1 rings (SSSR count). The van der Waals surface area contributed by atoms with Crippen LogP contribution in [0.1, 0.15) is 19.8 Å². The van der Waals surface area contributed by atoms with Crippen LogP contribution in [0.5, 0.6) is 0 Å². The smallest absolute Gasteiger partial charge is 0.310 e. The molecule has 1 fully saturated rings. The zero-order valence-electron chi connectivity index (χ0n) is 6.13. The van der Waals surface area contributed by atoms with Gasteiger partial charge in [-0.15, -0.1) is 6.58 Å². The highest BCUT2D eigenvalue weighted by Gasteiger charge is 2.53. The lowest BCUT2D eigenvalue weighted by Gasteiger charge is -2.13. The Morgan fingerprint density at radius 1 is 1.80 bits per heavy atom. The largest absolute Gasteiger partial charge is 0.481 e. The summed E-state index contributed by atoms with van der Waals surface area (Å²) in [4.78, 5) is 10.6. The normalized spacial score (nSPS) is 23.3. The second-order valence-corrected chi connectivity index (χ2v) is 2.99. The lowest BCUT2D eigenvalue weighted by molar-refractivity contribution is -0.144. The van der Waals surface area contributed by atoms with Crippen molar-refractivity contribution < 1.29 is 9.90 Å². The fraction of sp³-hybridized carbons (Fsp3) is 0.625. The summed E-state index contributed by atoms with van der Waals surface area (Å²) in [7, 11) is 0. The Kier molecular flexibility index (Phi) is 1.55. The van der Waals surface area contributed by atoms with Crippen LogP contribution in [0, 0.1) is 11.3 Å². The van der Waals surface area contributed by atoms with E-state index in [4.69, 9.17) is 5.11 Å². The summed E-state index contributed by atoms with van der Waals surface area (Å²) in [5.41, 5.74) is -0.443. The Morgan fingerprint density at radius 3 is 2.40 bits per heavy atom. The minimum absolute atomic E-state index is 0.116. The van der Waals surface area contributed by atoms with Crippen LogP contribution in [0.15, 0.2) is 12.7 Å². The molecule has 0 radical (unpaired) electrons. The number of aliphatic carboxylic acids is 1. The highest BCUT2D eigenvalue weighted by atomic mass is 16.4. The van der Waals surface area contributed by atoms with Gasteiger partial charge in [0.05, 0.1) is 5.41 Å². The van der Waals surface area contributed by atoms with E-state index in [2.05, 4.69) is 6.58 Å². The molecule has 1 atom stereocenters. The van der Waals surface area contributed by atoms with Gasteiger partial charge in [-0.2, -0.15) is 0 Å². The van der Waals surface area contributed by atoms with Crippen molar-refractivity contribution in [3.8, 4) is 0 Å². The average molecular weight is 140 g/mol. The molecule has 0 spiro atoms. The first-order chi connectivity index (χ1) is 4.63. The van der Waals surface area contributed by atoms with Crippen LogP contribution in [-0.2, 0) is 4.79 Å². The number of hydrogen-bond acceptors (Lipinski definition) is 1. The van der Waals surface area contributed by atoms with Crippen molar-refractivity contribution in [2.45, 2.75) is 19.8 Å². The molecule has 1 N–H and O–H groups in total. The zero-order chi connectivity index (χ0) is 7.78. The molecule has 0 bridgehead atoms. The van der Waals surface area contributed by atoms with Gasteiger partial charge in [-0.05, 0) is 18.8 Å². The molecule has 0 heterocycles. The van der Waals surface area contributed by atoms with Crippen molar-refractivity contribution in [1.29, 1.82) is 0 Å². The van der Waals surface area contributed by atoms with Crippen molar-refractivity contribution in [2.24, 2.45) is 11.3 Å². The Hall–Kier alpha value is -0.790. The van der Waals surface area contributed by atoms with Gasteiger partial charge in [0.15, 0.2) is 0 Å². The summed E-state index contributed by atoms with van der Waals surface area (Å²) in [6, 6.07) is 0. The maximum atomic E-state index is 10.6. The maximum Gasteiger partial charge on any atom is 0.310 e. The SMILES string of the molecule is C=C[C@H](C)C1(C(=O)O)CC1. The quantitative estimate of drug-likeness (QED) is 0.605. The number of carbonyl (C=O) groups is 1. The van der Waals surface area contributed by atoms with E-state index in [9.17, 15) is 4.79 Å². The van der Waals surface area contributed by atoms with Gasteiger partial charge in [0.2, 0.25) is 0 Å². The van der Waals surface area contributed by atoms with Crippen LogP contribution in [0.3, 0.4) is 0 Å².